The summed E-state index contributed by atoms with van der Waals surface area (Å²) < 4.78 is 27.9. The minimum atomic E-state index is -0.639. The highest BCUT2D eigenvalue weighted by Crippen LogP contribution is 2.29. The van der Waals surface area contributed by atoms with Crippen LogP contribution in [0, 0.1) is 23.0 Å². The van der Waals surface area contributed by atoms with Crippen LogP contribution in [0.25, 0.3) is 0 Å². The molecule has 1 aliphatic heterocycles. The SMILES string of the molecule is CC1CCCCCN1c1c(F)cc(C#N)cc1F. The predicted molar refractivity (Wildman–Crippen MR) is 66.3 cm³/mol. The van der Waals surface area contributed by atoms with Crippen LogP contribution in [0.1, 0.15) is 38.2 Å². The molecule has 0 aromatic heterocycles. The maximum Gasteiger partial charge on any atom is 0.150 e. The minimum Gasteiger partial charge on any atom is -0.364 e. The predicted octanol–water partition coefficient (Wildman–Crippen LogP) is 3.61. The van der Waals surface area contributed by atoms with Gasteiger partial charge in [-0.2, -0.15) is 5.26 Å². The van der Waals surface area contributed by atoms with Gasteiger partial charge in [-0.15, -0.1) is 0 Å². The molecule has 1 saturated heterocycles. The number of halogens is 2. The molecule has 1 fully saturated rings. The molecule has 4 heteroatoms. The standard InChI is InChI=1S/C14H16F2N2/c1-10-5-3-2-4-6-18(10)14-12(15)7-11(9-17)8-13(14)16/h7-8,10H,2-6H2,1H3. The van der Waals surface area contributed by atoms with Crippen molar-refractivity contribution in [3.8, 4) is 6.07 Å². The summed E-state index contributed by atoms with van der Waals surface area (Å²) in [5.74, 6) is -1.28. The highest BCUT2D eigenvalue weighted by atomic mass is 19.1. The summed E-state index contributed by atoms with van der Waals surface area (Å²) in [6, 6.07) is 4.11. The first-order valence-electron chi connectivity index (χ1n) is 6.29. The summed E-state index contributed by atoms with van der Waals surface area (Å²) in [5, 5.41) is 8.69. The number of hydrogen-bond acceptors (Lipinski definition) is 2. The fourth-order valence-corrected chi connectivity index (χ4v) is 2.51. The first kappa shape index (κ1) is 12.8. The van der Waals surface area contributed by atoms with Gasteiger partial charge in [0.2, 0.25) is 0 Å². The number of nitriles is 1. The second-order valence-corrected chi connectivity index (χ2v) is 4.79. The van der Waals surface area contributed by atoms with Crippen molar-refractivity contribution in [2.24, 2.45) is 0 Å². The summed E-state index contributed by atoms with van der Waals surface area (Å²) >= 11 is 0. The van der Waals surface area contributed by atoms with E-state index < -0.39 is 11.6 Å². The van der Waals surface area contributed by atoms with Crippen molar-refractivity contribution in [2.75, 3.05) is 11.4 Å². The van der Waals surface area contributed by atoms with Gasteiger partial charge in [-0.3, -0.25) is 0 Å². The zero-order valence-corrected chi connectivity index (χ0v) is 10.4. The highest BCUT2D eigenvalue weighted by molar-refractivity contribution is 5.53. The van der Waals surface area contributed by atoms with E-state index in [0.29, 0.717) is 6.54 Å². The molecule has 0 N–H and O–H groups in total. The number of benzene rings is 1. The molecule has 1 unspecified atom stereocenters. The molecular formula is C14H16F2N2. The van der Waals surface area contributed by atoms with Crippen molar-refractivity contribution < 1.29 is 8.78 Å². The Hall–Kier alpha value is -1.63. The maximum atomic E-state index is 14.0. The molecule has 1 aromatic rings. The lowest BCUT2D eigenvalue weighted by Gasteiger charge is -2.30. The van der Waals surface area contributed by atoms with Crippen molar-refractivity contribution in [3.63, 3.8) is 0 Å². The first-order chi connectivity index (χ1) is 8.63. The van der Waals surface area contributed by atoms with Gasteiger partial charge in [0, 0.05) is 12.6 Å². The molecule has 2 rings (SSSR count). The Morgan fingerprint density at radius 2 is 1.89 bits per heavy atom. The fourth-order valence-electron chi connectivity index (χ4n) is 2.51. The monoisotopic (exact) mass is 250 g/mol. The zero-order chi connectivity index (χ0) is 13.1. The summed E-state index contributed by atoms with van der Waals surface area (Å²) in [5.41, 5.74) is 0.0413. The third-order valence-electron chi connectivity index (χ3n) is 3.49. The molecule has 1 aromatic carbocycles. The lowest BCUT2D eigenvalue weighted by molar-refractivity contribution is 0.544. The number of nitrogens with zero attached hydrogens (tertiary/aromatic N) is 2. The third-order valence-corrected chi connectivity index (χ3v) is 3.49. The Bertz CT molecular complexity index is 456. The normalized spacial score (nSPS) is 20.3. The molecule has 0 saturated carbocycles. The summed E-state index contributed by atoms with van der Waals surface area (Å²) in [4.78, 5) is 1.79. The van der Waals surface area contributed by atoms with E-state index >= 15 is 0 Å². The molecule has 0 radical (unpaired) electrons. The maximum absolute atomic E-state index is 14.0. The highest BCUT2D eigenvalue weighted by Gasteiger charge is 2.23. The van der Waals surface area contributed by atoms with E-state index in [4.69, 9.17) is 5.26 Å². The van der Waals surface area contributed by atoms with Crippen molar-refractivity contribution in [1.29, 1.82) is 5.26 Å². The first-order valence-corrected chi connectivity index (χ1v) is 6.29. The van der Waals surface area contributed by atoms with Gasteiger partial charge in [-0.05, 0) is 31.9 Å². The lowest BCUT2D eigenvalue weighted by Crippen LogP contribution is -2.34. The minimum absolute atomic E-state index is 0.0170. The number of anilines is 1. The van der Waals surface area contributed by atoms with Crippen LogP contribution in [0.2, 0.25) is 0 Å². The van der Waals surface area contributed by atoms with E-state index in [9.17, 15) is 8.78 Å². The molecule has 0 spiro atoms. The molecule has 0 amide bonds. The van der Waals surface area contributed by atoms with Crippen LogP contribution in [0.3, 0.4) is 0 Å². The van der Waals surface area contributed by atoms with Gasteiger partial charge < -0.3 is 4.90 Å². The van der Waals surface area contributed by atoms with Crippen molar-refractivity contribution in [2.45, 2.75) is 38.6 Å². The second kappa shape index (κ2) is 5.34. The molecule has 2 nitrogen and oxygen atoms in total. The average Bonchev–Trinajstić information content (AvgIpc) is 2.54. The largest absolute Gasteiger partial charge is 0.364 e. The van der Waals surface area contributed by atoms with E-state index in [2.05, 4.69) is 0 Å². The van der Waals surface area contributed by atoms with Gasteiger partial charge in [0.1, 0.15) is 5.69 Å². The lowest BCUT2D eigenvalue weighted by atomic mass is 10.1. The third kappa shape index (κ3) is 2.45. The Morgan fingerprint density at radius 3 is 2.50 bits per heavy atom. The molecule has 96 valence electrons. The van der Waals surface area contributed by atoms with E-state index in [1.807, 2.05) is 6.92 Å². The van der Waals surface area contributed by atoms with E-state index in [1.54, 1.807) is 11.0 Å². The molecule has 0 bridgehead atoms. The Morgan fingerprint density at radius 1 is 1.22 bits per heavy atom. The smallest absolute Gasteiger partial charge is 0.150 e. The van der Waals surface area contributed by atoms with Crippen molar-refractivity contribution >= 4 is 5.69 Å². The number of rotatable bonds is 1. The molecule has 0 aliphatic carbocycles. The Kier molecular flexibility index (Phi) is 3.81. The van der Waals surface area contributed by atoms with Crippen molar-refractivity contribution in [3.05, 3.63) is 29.3 Å². The summed E-state index contributed by atoms with van der Waals surface area (Å²) in [6.07, 6.45) is 4.08. The van der Waals surface area contributed by atoms with Crippen LogP contribution in [0.5, 0.6) is 0 Å². The van der Waals surface area contributed by atoms with Crippen LogP contribution in [-0.2, 0) is 0 Å². The molecular weight excluding hydrogens is 234 g/mol. The van der Waals surface area contributed by atoms with Crippen LogP contribution in [0.15, 0.2) is 12.1 Å². The molecule has 1 heterocycles. The van der Waals surface area contributed by atoms with E-state index in [1.165, 1.54) is 0 Å². The van der Waals surface area contributed by atoms with Crippen LogP contribution < -0.4 is 4.90 Å². The van der Waals surface area contributed by atoms with E-state index in [-0.39, 0.29) is 17.3 Å². The van der Waals surface area contributed by atoms with Gasteiger partial charge in [-0.25, -0.2) is 8.78 Å². The molecule has 18 heavy (non-hydrogen) atoms. The number of hydrogen-bond donors (Lipinski definition) is 0. The molecule has 1 aliphatic rings. The van der Waals surface area contributed by atoms with Gasteiger partial charge in [0.25, 0.3) is 0 Å². The van der Waals surface area contributed by atoms with Gasteiger partial charge in [0.15, 0.2) is 11.6 Å². The Labute approximate surface area is 106 Å². The second-order valence-electron chi connectivity index (χ2n) is 4.79. The fraction of sp³-hybridized carbons (Fsp3) is 0.500. The quantitative estimate of drug-likeness (QED) is 0.761. The van der Waals surface area contributed by atoms with Gasteiger partial charge in [-0.1, -0.05) is 12.8 Å². The van der Waals surface area contributed by atoms with Crippen molar-refractivity contribution in [1.82, 2.24) is 0 Å². The topological polar surface area (TPSA) is 27.0 Å². The van der Waals surface area contributed by atoms with Crippen LogP contribution in [-0.4, -0.2) is 12.6 Å². The van der Waals surface area contributed by atoms with Crippen LogP contribution >= 0.6 is 0 Å². The van der Waals surface area contributed by atoms with Crippen LogP contribution in [0.4, 0.5) is 14.5 Å². The Balaban J connectivity index is 2.40. The van der Waals surface area contributed by atoms with Gasteiger partial charge >= 0.3 is 0 Å². The zero-order valence-electron chi connectivity index (χ0n) is 10.4. The summed E-state index contributed by atoms with van der Waals surface area (Å²) in [6.45, 7) is 2.66. The van der Waals surface area contributed by atoms with E-state index in [0.717, 1.165) is 37.8 Å². The average molecular weight is 250 g/mol. The summed E-state index contributed by atoms with van der Waals surface area (Å²) in [7, 11) is 0. The molecule has 1 atom stereocenters. The van der Waals surface area contributed by atoms with Gasteiger partial charge in [0.05, 0.1) is 11.6 Å².